The minimum Gasteiger partial charge on any atom is -0.383 e. The average Bonchev–Trinajstić information content (AvgIpc) is 2.73. The summed E-state index contributed by atoms with van der Waals surface area (Å²) in [5, 5.41) is 3.62. The zero-order valence-electron chi connectivity index (χ0n) is 18.1. The Morgan fingerprint density at radius 2 is 1.86 bits per heavy atom. The Morgan fingerprint density at radius 1 is 1.17 bits per heavy atom. The summed E-state index contributed by atoms with van der Waals surface area (Å²) in [7, 11) is 1.62. The zero-order valence-corrected chi connectivity index (χ0v) is 18.9. The molecule has 1 aromatic heterocycles. The van der Waals surface area contributed by atoms with E-state index in [1.165, 1.54) is 0 Å². The Balaban J connectivity index is 2.06. The second-order valence-corrected chi connectivity index (χ2v) is 7.94. The topological polar surface area (TPSA) is 67.4 Å². The summed E-state index contributed by atoms with van der Waals surface area (Å²) in [5.41, 5.74) is 2.84. The van der Waals surface area contributed by atoms with Gasteiger partial charge in [0.05, 0.1) is 6.61 Å². The minimum atomic E-state index is -0.0851. The fourth-order valence-electron chi connectivity index (χ4n) is 2.77. The highest BCUT2D eigenvalue weighted by Gasteiger charge is 2.12. The van der Waals surface area contributed by atoms with E-state index >= 15 is 0 Å². The molecule has 0 saturated carbocycles. The van der Waals surface area contributed by atoms with Crippen LogP contribution < -0.4 is 10.2 Å². The molecule has 2 aromatic rings. The Labute approximate surface area is 178 Å². The Morgan fingerprint density at radius 3 is 2.45 bits per heavy atom. The standard InChI is InChI=1S/C22H32N4O2S/c1-6-26(7-2)20-14-19(16(3)4)24-22(25-20)29-15-17-8-10-18(11-9-17)21(27)23-12-13-28-5/h8-11,14,16H,6-7,12-13,15H2,1-5H3,(H,23,27). The summed E-state index contributed by atoms with van der Waals surface area (Å²) < 4.78 is 4.95. The number of rotatable bonds is 11. The fraction of sp³-hybridized carbons (Fsp3) is 0.500. The first-order valence-corrected chi connectivity index (χ1v) is 11.1. The van der Waals surface area contributed by atoms with E-state index in [9.17, 15) is 4.79 Å². The molecule has 0 spiro atoms. The fourth-order valence-corrected chi connectivity index (χ4v) is 3.59. The Hall–Kier alpha value is -2.12. The molecule has 1 aromatic carbocycles. The van der Waals surface area contributed by atoms with Crippen LogP contribution in [0.1, 0.15) is 55.2 Å². The van der Waals surface area contributed by atoms with Crippen molar-refractivity contribution in [3.8, 4) is 0 Å². The molecule has 29 heavy (non-hydrogen) atoms. The maximum absolute atomic E-state index is 12.1. The number of hydrogen-bond acceptors (Lipinski definition) is 6. The lowest BCUT2D eigenvalue weighted by Gasteiger charge is -2.21. The highest BCUT2D eigenvalue weighted by molar-refractivity contribution is 7.98. The van der Waals surface area contributed by atoms with Crippen molar-refractivity contribution < 1.29 is 9.53 Å². The van der Waals surface area contributed by atoms with Crippen molar-refractivity contribution in [1.29, 1.82) is 0 Å². The first-order chi connectivity index (χ1) is 14.0. The van der Waals surface area contributed by atoms with Gasteiger partial charge in [0.25, 0.3) is 5.91 Å². The summed E-state index contributed by atoms with van der Waals surface area (Å²) in [6.07, 6.45) is 0. The molecule has 0 aliphatic heterocycles. The molecule has 0 saturated heterocycles. The Bertz CT molecular complexity index is 777. The van der Waals surface area contributed by atoms with Crippen molar-refractivity contribution in [3.63, 3.8) is 0 Å². The van der Waals surface area contributed by atoms with Crippen LogP contribution in [0.3, 0.4) is 0 Å². The van der Waals surface area contributed by atoms with Gasteiger partial charge in [-0.2, -0.15) is 0 Å². The number of ether oxygens (including phenoxy) is 1. The highest BCUT2D eigenvalue weighted by atomic mass is 32.2. The first kappa shape index (κ1) is 23.2. The molecule has 1 N–H and O–H groups in total. The third-order valence-electron chi connectivity index (χ3n) is 4.57. The summed E-state index contributed by atoms with van der Waals surface area (Å²) >= 11 is 1.62. The number of hydrogen-bond donors (Lipinski definition) is 1. The van der Waals surface area contributed by atoms with Crippen molar-refractivity contribution in [1.82, 2.24) is 15.3 Å². The van der Waals surface area contributed by atoms with Crippen LogP contribution in [0, 0.1) is 0 Å². The van der Waals surface area contributed by atoms with Crippen LogP contribution in [0.25, 0.3) is 0 Å². The van der Waals surface area contributed by atoms with E-state index in [-0.39, 0.29) is 5.91 Å². The molecule has 0 bridgehead atoms. The molecule has 0 aliphatic carbocycles. The largest absolute Gasteiger partial charge is 0.383 e. The molecule has 7 heteroatoms. The number of benzene rings is 1. The maximum atomic E-state index is 12.1. The van der Waals surface area contributed by atoms with Crippen LogP contribution in [-0.2, 0) is 10.5 Å². The first-order valence-electron chi connectivity index (χ1n) is 10.1. The van der Waals surface area contributed by atoms with Crippen LogP contribution in [0.5, 0.6) is 0 Å². The molecule has 0 atom stereocenters. The van der Waals surface area contributed by atoms with Gasteiger partial charge in [0.15, 0.2) is 5.16 Å². The summed E-state index contributed by atoms with van der Waals surface area (Å²) in [6.45, 7) is 11.4. The lowest BCUT2D eigenvalue weighted by molar-refractivity contribution is 0.0937. The molecular formula is C22H32N4O2S. The van der Waals surface area contributed by atoms with Gasteiger partial charge in [0, 0.05) is 49.8 Å². The summed E-state index contributed by atoms with van der Waals surface area (Å²) in [5.74, 6) is 2.00. The minimum absolute atomic E-state index is 0.0851. The Kier molecular flexibility index (Phi) is 9.41. The highest BCUT2D eigenvalue weighted by Crippen LogP contribution is 2.25. The predicted molar refractivity (Wildman–Crippen MR) is 120 cm³/mol. The molecule has 158 valence electrons. The number of carbonyl (C=O) groups excluding carboxylic acids is 1. The van der Waals surface area contributed by atoms with E-state index in [0.29, 0.717) is 24.6 Å². The number of aromatic nitrogens is 2. The van der Waals surface area contributed by atoms with Crippen LogP contribution in [0.4, 0.5) is 5.82 Å². The number of methoxy groups -OCH3 is 1. The lowest BCUT2D eigenvalue weighted by atomic mass is 10.1. The number of amides is 1. The number of anilines is 1. The summed E-state index contributed by atoms with van der Waals surface area (Å²) in [4.78, 5) is 23.8. The van der Waals surface area contributed by atoms with Crippen molar-refractivity contribution in [2.24, 2.45) is 0 Å². The summed E-state index contributed by atoms with van der Waals surface area (Å²) in [6, 6.07) is 9.76. The zero-order chi connectivity index (χ0) is 21.2. The van der Waals surface area contributed by atoms with Gasteiger partial charge in [-0.3, -0.25) is 4.79 Å². The van der Waals surface area contributed by atoms with Crippen molar-refractivity contribution in [2.75, 3.05) is 38.3 Å². The maximum Gasteiger partial charge on any atom is 0.251 e. The molecule has 0 unspecified atom stereocenters. The van der Waals surface area contributed by atoms with E-state index in [2.05, 4.69) is 44.0 Å². The molecular weight excluding hydrogens is 384 g/mol. The molecule has 0 fully saturated rings. The molecule has 2 rings (SSSR count). The van der Waals surface area contributed by atoms with E-state index < -0.39 is 0 Å². The third kappa shape index (κ3) is 7.01. The van der Waals surface area contributed by atoms with E-state index in [0.717, 1.165) is 41.1 Å². The predicted octanol–water partition coefficient (Wildman–Crippen LogP) is 4.11. The van der Waals surface area contributed by atoms with Crippen LogP contribution >= 0.6 is 11.8 Å². The second kappa shape index (κ2) is 11.8. The molecule has 0 radical (unpaired) electrons. The number of thioether (sulfide) groups is 1. The van der Waals surface area contributed by atoms with Crippen LogP contribution in [0.2, 0.25) is 0 Å². The van der Waals surface area contributed by atoms with Gasteiger partial charge in [0.2, 0.25) is 0 Å². The van der Waals surface area contributed by atoms with E-state index in [1.54, 1.807) is 18.9 Å². The second-order valence-electron chi connectivity index (χ2n) is 6.99. The number of carbonyl (C=O) groups is 1. The van der Waals surface area contributed by atoms with Gasteiger partial charge in [-0.25, -0.2) is 9.97 Å². The van der Waals surface area contributed by atoms with Gasteiger partial charge >= 0.3 is 0 Å². The average molecular weight is 417 g/mol. The number of nitrogens with zero attached hydrogens (tertiary/aromatic N) is 3. The molecule has 6 nitrogen and oxygen atoms in total. The van der Waals surface area contributed by atoms with Crippen molar-refractivity contribution in [2.45, 2.75) is 44.5 Å². The normalized spacial score (nSPS) is 11.0. The van der Waals surface area contributed by atoms with E-state index in [4.69, 9.17) is 14.7 Å². The monoisotopic (exact) mass is 416 g/mol. The van der Waals surface area contributed by atoms with Gasteiger partial charge in [-0.1, -0.05) is 37.7 Å². The molecule has 1 heterocycles. The van der Waals surface area contributed by atoms with Gasteiger partial charge in [-0.15, -0.1) is 0 Å². The molecule has 1 amide bonds. The lowest BCUT2D eigenvalue weighted by Crippen LogP contribution is -2.26. The third-order valence-corrected chi connectivity index (χ3v) is 5.49. The quantitative estimate of drug-likeness (QED) is 0.338. The smallest absolute Gasteiger partial charge is 0.251 e. The van der Waals surface area contributed by atoms with Crippen LogP contribution in [0.15, 0.2) is 35.5 Å². The number of nitrogens with one attached hydrogen (secondary N) is 1. The van der Waals surface area contributed by atoms with E-state index in [1.807, 2.05) is 24.3 Å². The SMILES string of the molecule is CCN(CC)c1cc(C(C)C)nc(SCc2ccc(C(=O)NCCOC)cc2)n1. The van der Waals surface area contributed by atoms with Gasteiger partial charge < -0.3 is 15.0 Å². The van der Waals surface area contributed by atoms with Crippen LogP contribution in [-0.4, -0.2) is 49.2 Å². The molecule has 0 aliphatic rings. The van der Waals surface area contributed by atoms with Gasteiger partial charge in [0.1, 0.15) is 5.82 Å². The van der Waals surface area contributed by atoms with Crippen molar-refractivity contribution >= 4 is 23.5 Å². The van der Waals surface area contributed by atoms with Gasteiger partial charge in [-0.05, 0) is 37.5 Å². The van der Waals surface area contributed by atoms with Crippen molar-refractivity contribution in [3.05, 3.63) is 47.2 Å².